The molecule has 2 aliphatic heterocycles. The van der Waals surface area contributed by atoms with Gasteiger partial charge in [0.2, 0.25) is 0 Å². The van der Waals surface area contributed by atoms with E-state index < -0.39 is 11.4 Å². The average Bonchev–Trinajstić information content (AvgIpc) is 3.78. The summed E-state index contributed by atoms with van der Waals surface area (Å²) in [5.74, 6) is 1.04. The first kappa shape index (κ1) is 26.9. The predicted molar refractivity (Wildman–Crippen MR) is 148 cm³/mol. The smallest absolute Gasteiger partial charge is 0.410 e. The van der Waals surface area contributed by atoms with Crippen molar-refractivity contribution >= 4 is 11.9 Å². The molecule has 2 saturated heterocycles. The van der Waals surface area contributed by atoms with Gasteiger partial charge in [-0.25, -0.2) is 19.2 Å². The van der Waals surface area contributed by atoms with Crippen LogP contribution in [0.3, 0.4) is 0 Å². The lowest BCUT2D eigenvalue weighted by Crippen LogP contribution is -2.61. The number of nitrogens with zero attached hydrogens (tertiary/aromatic N) is 7. The minimum Gasteiger partial charge on any atom is -0.444 e. The van der Waals surface area contributed by atoms with Crippen molar-refractivity contribution in [2.45, 2.75) is 58.0 Å². The third-order valence-electron chi connectivity index (χ3n) is 7.84. The van der Waals surface area contributed by atoms with Crippen LogP contribution in [0.25, 0.3) is 11.1 Å². The van der Waals surface area contributed by atoms with Crippen molar-refractivity contribution in [2.75, 3.05) is 31.1 Å². The molecule has 0 atom stereocenters. The van der Waals surface area contributed by atoms with Crippen molar-refractivity contribution < 1.29 is 18.7 Å². The summed E-state index contributed by atoms with van der Waals surface area (Å²) in [6, 6.07) is 9.87. The van der Waals surface area contributed by atoms with Crippen molar-refractivity contribution in [1.29, 1.82) is 5.26 Å². The third-order valence-corrected chi connectivity index (χ3v) is 7.84. The van der Waals surface area contributed by atoms with Crippen LogP contribution >= 0.6 is 0 Å². The molecule has 0 radical (unpaired) electrons. The summed E-state index contributed by atoms with van der Waals surface area (Å²) in [4.78, 5) is 25.4. The largest absolute Gasteiger partial charge is 0.444 e. The second kappa shape index (κ2) is 10.3. The molecule has 2 aromatic heterocycles. The van der Waals surface area contributed by atoms with E-state index in [1.807, 2.05) is 20.8 Å². The van der Waals surface area contributed by atoms with Crippen LogP contribution in [0, 0.1) is 22.6 Å². The minimum atomic E-state index is -0.518. The van der Waals surface area contributed by atoms with Gasteiger partial charge in [-0.15, -0.1) is 10.2 Å². The fourth-order valence-corrected chi connectivity index (χ4v) is 5.60. The van der Waals surface area contributed by atoms with E-state index in [-0.39, 0.29) is 23.3 Å². The zero-order valence-corrected chi connectivity index (χ0v) is 23.4. The monoisotopic (exact) mass is 557 g/mol. The van der Waals surface area contributed by atoms with Gasteiger partial charge < -0.3 is 19.3 Å². The Balaban J connectivity index is 1.19. The van der Waals surface area contributed by atoms with Crippen molar-refractivity contribution in [3.63, 3.8) is 0 Å². The SMILES string of the molecule is CC(C)(C)OC(=O)N1CCC2(CC1)CN(c1ncnnc1Oc1ccc(F)cc1-c1ccc(C#N)nc1C1CC1)C2. The third kappa shape index (κ3) is 5.64. The molecular formula is C30H32FN7O3. The highest BCUT2D eigenvalue weighted by molar-refractivity contribution is 5.74. The zero-order valence-electron chi connectivity index (χ0n) is 23.4. The molecule has 212 valence electrons. The first-order valence-corrected chi connectivity index (χ1v) is 13.9. The number of pyridine rings is 1. The molecule has 1 aromatic carbocycles. The summed E-state index contributed by atoms with van der Waals surface area (Å²) in [6.07, 6.45) is 4.82. The van der Waals surface area contributed by atoms with Crippen LogP contribution in [-0.4, -0.2) is 62.9 Å². The standard InChI is InChI=1S/C30H32FN7O3/c1-29(2,3)41-28(39)37-12-10-30(11-13-37)16-38(17-30)26-27(36-34-18-33-26)40-24-9-6-20(31)14-23(24)22-8-7-21(15-32)35-25(22)19-4-5-19/h6-9,14,18-19H,4-5,10-13,16-17H2,1-3H3. The van der Waals surface area contributed by atoms with Gasteiger partial charge in [0.05, 0.1) is 5.69 Å². The fraction of sp³-hybridized carbons (Fsp3) is 0.467. The molecule has 0 unspecified atom stereocenters. The summed E-state index contributed by atoms with van der Waals surface area (Å²) in [6.45, 7) is 8.43. The van der Waals surface area contributed by atoms with E-state index in [1.54, 1.807) is 23.1 Å². The lowest BCUT2D eigenvalue weighted by molar-refractivity contribution is 0.00585. The van der Waals surface area contributed by atoms with Crippen LogP contribution in [0.2, 0.25) is 0 Å². The summed E-state index contributed by atoms with van der Waals surface area (Å²) in [7, 11) is 0. The average molecular weight is 558 g/mol. The van der Waals surface area contributed by atoms with Crippen LogP contribution < -0.4 is 9.64 Å². The molecule has 1 aliphatic carbocycles. The van der Waals surface area contributed by atoms with E-state index >= 15 is 0 Å². The Morgan fingerprint density at radius 1 is 1.12 bits per heavy atom. The number of piperidine rings is 1. The number of halogens is 1. The summed E-state index contributed by atoms with van der Waals surface area (Å²) in [5, 5.41) is 17.5. The molecule has 11 heteroatoms. The minimum absolute atomic E-state index is 0.0785. The molecular weight excluding hydrogens is 525 g/mol. The van der Waals surface area contributed by atoms with Crippen LogP contribution in [0.5, 0.6) is 11.6 Å². The quantitative estimate of drug-likeness (QED) is 0.403. The molecule has 0 bridgehead atoms. The Morgan fingerprint density at radius 2 is 1.88 bits per heavy atom. The van der Waals surface area contributed by atoms with Crippen LogP contribution in [-0.2, 0) is 4.74 Å². The van der Waals surface area contributed by atoms with Crippen LogP contribution in [0.1, 0.15) is 63.8 Å². The van der Waals surface area contributed by atoms with Crippen LogP contribution in [0.15, 0.2) is 36.7 Å². The lowest BCUT2D eigenvalue weighted by Gasteiger charge is -2.54. The molecule has 10 nitrogen and oxygen atoms in total. The molecule has 3 aromatic rings. The molecule has 1 amide bonds. The fourth-order valence-electron chi connectivity index (χ4n) is 5.60. The number of rotatable bonds is 5. The lowest BCUT2D eigenvalue weighted by atomic mass is 9.72. The van der Waals surface area contributed by atoms with Gasteiger partial charge in [0.15, 0.2) is 5.82 Å². The number of likely N-dealkylation sites (tertiary alicyclic amines) is 1. The molecule has 6 rings (SSSR count). The van der Waals surface area contributed by atoms with E-state index in [2.05, 4.69) is 31.1 Å². The maximum absolute atomic E-state index is 14.5. The second-order valence-corrected chi connectivity index (χ2v) is 12.2. The molecule has 0 N–H and O–H groups in total. The molecule has 3 aliphatic rings. The van der Waals surface area contributed by atoms with Gasteiger partial charge in [-0.2, -0.15) is 5.26 Å². The Labute approximate surface area is 238 Å². The number of carbonyl (C=O) groups is 1. The van der Waals surface area contributed by atoms with Gasteiger partial charge >= 0.3 is 6.09 Å². The predicted octanol–water partition coefficient (Wildman–Crippen LogP) is 5.45. The Morgan fingerprint density at radius 3 is 2.56 bits per heavy atom. The van der Waals surface area contributed by atoms with Crippen molar-refractivity contribution in [1.82, 2.24) is 25.1 Å². The number of hydrogen-bond acceptors (Lipinski definition) is 9. The Hall–Kier alpha value is -4.33. The maximum atomic E-state index is 14.5. The first-order chi connectivity index (χ1) is 19.6. The van der Waals surface area contributed by atoms with Gasteiger partial charge in [-0.05, 0) is 76.8 Å². The summed E-state index contributed by atoms with van der Waals surface area (Å²) < 4.78 is 26.3. The number of nitriles is 1. The molecule has 1 saturated carbocycles. The zero-order chi connectivity index (χ0) is 28.8. The highest BCUT2D eigenvalue weighted by atomic mass is 19.1. The summed E-state index contributed by atoms with van der Waals surface area (Å²) >= 11 is 0. The normalized spacial score (nSPS) is 18.0. The Kier molecular flexibility index (Phi) is 6.72. The summed E-state index contributed by atoms with van der Waals surface area (Å²) in [5.41, 5.74) is 1.94. The first-order valence-electron chi connectivity index (χ1n) is 13.9. The van der Waals surface area contributed by atoms with Crippen molar-refractivity contribution in [3.05, 3.63) is 53.9 Å². The number of anilines is 1. The Bertz CT molecular complexity index is 1510. The number of aromatic nitrogens is 4. The van der Waals surface area contributed by atoms with E-state index in [4.69, 9.17) is 9.47 Å². The number of hydrogen-bond donors (Lipinski definition) is 0. The molecule has 4 heterocycles. The van der Waals surface area contributed by atoms with Gasteiger partial charge in [0, 0.05) is 48.6 Å². The highest BCUT2D eigenvalue weighted by Crippen LogP contribution is 2.47. The molecule has 41 heavy (non-hydrogen) atoms. The van der Waals surface area contributed by atoms with E-state index in [9.17, 15) is 14.4 Å². The van der Waals surface area contributed by atoms with E-state index in [0.29, 0.717) is 35.9 Å². The van der Waals surface area contributed by atoms with Gasteiger partial charge in [-0.1, -0.05) is 0 Å². The molecule has 3 fully saturated rings. The van der Waals surface area contributed by atoms with Gasteiger partial charge in [-0.3, -0.25) is 0 Å². The van der Waals surface area contributed by atoms with Crippen molar-refractivity contribution in [3.8, 4) is 28.8 Å². The highest BCUT2D eigenvalue weighted by Gasteiger charge is 2.47. The van der Waals surface area contributed by atoms with Crippen molar-refractivity contribution in [2.24, 2.45) is 5.41 Å². The number of ether oxygens (including phenoxy) is 2. The number of carbonyl (C=O) groups excluding carboxylic acids is 1. The van der Waals surface area contributed by atoms with Crippen LogP contribution in [0.4, 0.5) is 15.0 Å². The van der Waals surface area contributed by atoms with Gasteiger partial charge in [0.25, 0.3) is 5.88 Å². The number of amides is 1. The molecule has 1 spiro atoms. The second-order valence-electron chi connectivity index (χ2n) is 12.2. The topological polar surface area (TPSA) is 117 Å². The maximum Gasteiger partial charge on any atom is 0.410 e. The van der Waals surface area contributed by atoms with E-state index in [1.165, 1.54) is 18.5 Å². The van der Waals surface area contributed by atoms with Gasteiger partial charge in [0.1, 0.15) is 35.3 Å². The number of benzene rings is 1. The van der Waals surface area contributed by atoms with E-state index in [0.717, 1.165) is 50.0 Å².